The molecule has 0 saturated carbocycles. The standard InChI is InChI=1S/C13H13N3O/c1-9-4-5-12(11(6-9)8-14)17-13-7-10(2)15-16(13)3/h4-7H,1-3H3. The van der Waals surface area contributed by atoms with Crippen molar-refractivity contribution < 1.29 is 4.74 Å². The SMILES string of the molecule is Cc1ccc(Oc2cc(C)nn2C)c(C#N)c1. The molecule has 17 heavy (non-hydrogen) atoms. The van der Waals surface area contributed by atoms with E-state index in [0.717, 1.165) is 11.3 Å². The van der Waals surface area contributed by atoms with E-state index >= 15 is 0 Å². The van der Waals surface area contributed by atoms with Crippen molar-refractivity contribution in [2.75, 3.05) is 0 Å². The minimum atomic E-state index is 0.531. The first-order chi connectivity index (χ1) is 8.10. The molecule has 0 N–H and O–H groups in total. The van der Waals surface area contributed by atoms with E-state index in [0.29, 0.717) is 17.2 Å². The molecule has 0 atom stereocenters. The van der Waals surface area contributed by atoms with Crippen LogP contribution in [0.4, 0.5) is 0 Å². The molecule has 0 fully saturated rings. The largest absolute Gasteiger partial charge is 0.438 e. The van der Waals surface area contributed by atoms with E-state index < -0.39 is 0 Å². The fourth-order valence-electron chi connectivity index (χ4n) is 1.62. The van der Waals surface area contributed by atoms with Gasteiger partial charge in [-0.25, -0.2) is 4.68 Å². The number of rotatable bonds is 2. The Labute approximate surface area is 100 Å². The van der Waals surface area contributed by atoms with Crippen molar-refractivity contribution >= 4 is 0 Å². The Morgan fingerprint density at radius 2 is 2.06 bits per heavy atom. The number of nitrogens with zero attached hydrogens (tertiary/aromatic N) is 3. The number of benzene rings is 1. The molecule has 1 aromatic heterocycles. The fraction of sp³-hybridized carbons (Fsp3) is 0.231. The molecule has 0 amide bonds. The van der Waals surface area contributed by atoms with Gasteiger partial charge in [-0.1, -0.05) is 6.07 Å². The fourth-order valence-corrected chi connectivity index (χ4v) is 1.62. The molecule has 1 aromatic carbocycles. The first-order valence-electron chi connectivity index (χ1n) is 5.29. The van der Waals surface area contributed by atoms with Crippen molar-refractivity contribution in [2.24, 2.45) is 7.05 Å². The number of aromatic nitrogens is 2. The first kappa shape index (κ1) is 11.2. The van der Waals surface area contributed by atoms with E-state index in [1.165, 1.54) is 0 Å². The summed E-state index contributed by atoms with van der Waals surface area (Å²) in [5, 5.41) is 13.2. The summed E-state index contributed by atoms with van der Waals surface area (Å²) in [4.78, 5) is 0. The van der Waals surface area contributed by atoms with Crippen LogP contribution in [0, 0.1) is 25.2 Å². The summed E-state index contributed by atoms with van der Waals surface area (Å²) >= 11 is 0. The van der Waals surface area contributed by atoms with Gasteiger partial charge in [-0.15, -0.1) is 0 Å². The van der Waals surface area contributed by atoms with Gasteiger partial charge in [0.1, 0.15) is 11.8 Å². The van der Waals surface area contributed by atoms with E-state index in [4.69, 9.17) is 10.00 Å². The quantitative estimate of drug-likeness (QED) is 0.792. The zero-order chi connectivity index (χ0) is 12.4. The normalized spacial score (nSPS) is 10.0. The summed E-state index contributed by atoms with van der Waals surface area (Å²) in [6, 6.07) is 9.48. The number of aryl methyl sites for hydroxylation is 3. The first-order valence-corrected chi connectivity index (χ1v) is 5.29. The maximum atomic E-state index is 9.04. The minimum absolute atomic E-state index is 0.531. The predicted molar refractivity (Wildman–Crippen MR) is 63.9 cm³/mol. The minimum Gasteiger partial charge on any atom is -0.438 e. The zero-order valence-corrected chi connectivity index (χ0v) is 10.1. The third kappa shape index (κ3) is 2.28. The predicted octanol–water partition coefficient (Wildman–Crippen LogP) is 2.70. The van der Waals surface area contributed by atoms with E-state index in [9.17, 15) is 0 Å². The van der Waals surface area contributed by atoms with Gasteiger partial charge in [0.15, 0.2) is 0 Å². The molecular weight excluding hydrogens is 214 g/mol. The highest BCUT2D eigenvalue weighted by atomic mass is 16.5. The van der Waals surface area contributed by atoms with Gasteiger partial charge in [0.25, 0.3) is 0 Å². The van der Waals surface area contributed by atoms with Crippen LogP contribution in [0.15, 0.2) is 24.3 Å². The van der Waals surface area contributed by atoms with Crippen LogP contribution < -0.4 is 4.74 Å². The van der Waals surface area contributed by atoms with Gasteiger partial charge in [0.05, 0.1) is 11.3 Å². The number of hydrogen-bond donors (Lipinski definition) is 0. The topological polar surface area (TPSA) is 50.8 Å². The molecule has 0 aliphatic heterocycles. The third-order valence-corrected chi connectivity index (χ3v) is 2.43. The monoisotopic (exact) mass is 227 g/mol. The van der Waals surface area contributed by atoms with Gasteiger partial charge in [-0.2, -0.15) is 10.4 Å². The second-order valence-electron chi connectivity index (χ2n) is 3.96. The average molecular weight is 227 g/mol. The molecule has 4 heteroatoms. The maximum Gasteiger partial charge on any atom is 0.217 e. The van der Waals surface area contributed by atoms with E-state index in [1.807, 2.05) is 33.0 Å². The van der Waals surface area contributed by atoms with Crippen LogP contribution >= 0.6 is 0 Å². The molecule has 86 valence electrons. The summed E-state index contributed by atoms with van der Waals surface area (Å²) in [7, 11) is 1.81. The van der Waals surface area contributed by atoms with Crippen LogP contribution in [0.1, 0.15) is 16.8 Å². The van der Waals surface area contributed by atoms with Gasteiger partial charge >= 0.3 is 0 Å². The van der Waals surface area contributed by atoms with Crippen LogP contribution in [0.25, 0.3) is 0 Å². The van der Waals surface area contributed by atoms with Crippen molar-refractivity contribution in [3.63, 3.8) is 0 Å². The zero-order valence-electron chi connectivity index (χ0n) is 10.1. The second kappa shape index (κ2) is 4.30. The van der Waals surface area contributed by atoms with E-state index in [-0.39, 0.29) is 0 Å². The molecule has 0 aliphatic carbocycles. The highest BCUT2D eigenvalue weighted by Crippen LogP contribution is 2.25. The Hall–Kier alpha value is -2.28. The lowest BCUT2D eigenvalue weighted by Gasteiger charge is -2.07. The summed E-state index contributed by atoms with van der Waals surface area (Å²) in [6.07, 6.45) is 0. The highest BCUT2D eigenvalue weighted by Gasteiger charge is 2.08. The summed E-state index contributed by atoms with van der Waals surface area (Å²) in [5.41, 5.74) is 2.45. The summed E-state index contributed by atoms with van der Waals surface area (Å²) < 4.78 is 7.33. The Morgan fingerprint density at radius 1 is 1.29 bits per heavy atom. The van der Waals surface area contributed by atoms with Crippen molar-refractivity contribution in [1.82, 2.24) is 9.78 Å². The van der Waals surface area contributed by atoms with Crippen molar-refractivity contribution in [3.8, 4) is 17.7 Å². The van der Waals surface area contributed by atoms with Gasteiger partial charge < -0.3 is 4.74 Å². The van der Waals surface area contributed by atoms with Gasteiger partial charge in [-0.05, 0) is 31.5 Å². The van der Waals surface area contributed by atoms with E-state index in [2.05, 4.69) is 11.2 Å². The molecule has 2 rings (SSSR count). The molecular formula is C13H13N3O. The average Bonchev–Trinajstić information content (AvgIpc) is 2.60. The van der Waals surface area contributed by atoms with Gasteiger partial charge in [0, 0.05) is 13.1 Å². The molecule has 0 radical (unpaired) electrons. The summed E-state index contributed by atoms with van der Waals surface area (Å²) in [5.74, 6) is 1.18. The van der Waals surface area contributed by atoms with Crippen LogP contribution in [0.3, 0.4) is 0 Å². The molecule has 0 spiro atoms. The second-order valence-corrected chi connectivity index (χ2v) is 3.96. The molecule has 1 heterocycles. The Balaban J connectivity index is 2.37. The van der Waals surface area contributed by atoms with Crippen LogP contribution in [-0.2, 0) is 7.05 Å². The molecule has 0 bridgehead atoms. The van der Waals surface area contributed by atoms with Crippen molar-refractivity contribution in [1.29, 1.82) is 5.26 Å². The Morgan fingerprint density at radius 3 is 2.65 bits per heavy atom. The number of hydrogen-bond acceptors (Lipinski definition) is 3. The third-order valence-electron chi connectivity index (χ3n) is 2.43. The molecule has 4 nitrogen and oxygen atoms in total. The molecule has 0 aliphatic rings. The lowest BCUT2D eigenvalue weighted by Crippen LogP contribution is -1.96. The smallest absolute Gasteiger partial charge is 0.217 e. The highest BCUT2D eigenvalue weighted by molar-refractivity contribution is 5.46. The molecule has 0 saturated heterocycles. The Kier molecular flexibility index (Phi) is 2.84. The van der Waals surface area contributed by atoms with Gasteiger partial charge in [0.2, 0.25) is 5.88 Å². The lowest BCUT2D eigenvalue weighted by molar-refractivity contribution is 0.429. The van der Waals surface area contributed by atoms with Crippen LogP contribution in [-0.4, -0.2) is 9.78 Å². The van der Waals surface area contributed by atoms with Crippen LogP contribution in [0.2, 0.25) is 0 Å². The van der Waals surface area contributed by atoms with Gasteiger partial charge in [-0.3, -0.25) is 0 Å². The molecule has 2 aromatic rings. The van der Waals surface area contributed by atoms with E-state index in [1.54, 1.807) is 16.8 Å². The summed E-state index contributed by atoms with van der Waals surface area (Å²) in [6.45, 7) is 3.84. The molecule has 0 unspecified atom stereocenters. The van der Waals surface area contributed by atoms with Crippen molar-refractivity contribution in [3.05, 3.63) is 41.1 Å². The number of ether oxygens (including phenoxy) is 1. The Bertz CT molecular complexity index is 593. The van der Waals surface area contributed by atoms with Crippen LogP contribution in [0.5, 0.6) is 11.6 Å². The number of nitriles is 1. The van der Waals surface area contributed by atoms with Crippen molar-refractivity contribution in [2.45, 2.75) is 13.8 Å². The maximum absolute atomic E-state index is 9.04. The lowest BCUT2D eigenvalue weighted by atomic mass is 10.1.